The highest BCUT2D eigenvalue weighted by Gasteiger charge is 2.12. The SMILES string of the molecule is CN(C(=O)CCCc1nc2ccccc2s1)c1ccc(OCC(=O)O)cc1. The number of carbonyl (C=O) groups excluding carboxylic acids is 1. The average Bonchev–Trinajstić information content (AvgIpc) is 3.09. The number of rotatable bonds is 8. The molecule has 0 saturated heterocycles. The molecule has 1 amide bonds. The van der Waals surface area contributed by atoms with Crippen molar-refractivity contribution in [3.8, 4) is 5.75 Å². The Balaban J connectivity index is 1.50. The highest BCUT2D eigenvalue weighted by molar-refractivity contribution is 7.18. The van der Waals surface area contributed by atoms with Crippen LogP contribution in [0.15, 0.2) is 48.5 Å². The predicted molar refractivity (Wildman–Crippen MR) is 106 cm³/mol. The van der Waals surface area contributed by atoms with Crippen molar-refractivity contribution in [2.75, 3.05) is 18.6 Å². The van der Waals surface area contributed by atoms with Crippen molar-refractivity contribution in [2.45, 2.75) is 19.3 Å². The number of thiazole rings is 1. The summed E-state index contributed by atoms with van der Waals surface area (Å²) in [6.07, 6.45) is 1.95. The molecule has 6 nitrogen and oxygen atoms in total. The van der Waals surface area contributed by atoms with Crippen molar-refractivity contribution in [1.82, 2.24) is 4.98 Å². The molecule has 0 aliphatic heterocycles. The van der Waals surface area contributed by atoms with Gasteiger partial charge in [0.1, 0.15) is 5.75 Å². The van der Waals surface area contributed by atoms with Gasteiger partial charge in [0.05, 0.1) is 15.2 Å². The van der Waals surface area contributed by atoms with Gasteiger partial charge in [-0.1, -0.05) is 12.1 Å². The normalized spacial score (nSPS) is 10.7. The molecule has 0 fully saturated rings. The maximum atomic E-state index is 12.4. The standard InChI is InChI=1S/C20H20N2O4S/c1-22(14-9-11-15(12-10-14)26-13-20(24)25)19(23)8-4-7-18-21-16-5-2-3-6-17(16)27-18/h2-3,5-6,9-12H,4,7-8,13H2,1H3,(H,24,25). The summed E-state index contributed by atoms with van der Waals surface area (Å²) < 4.78 is 6.26. The Morgan fingerprint density at radius 1 is 1.15 bits per heavy atom. The van der Waals surface area contributed by atoms with E-state index >= 15 is 0 Å². The van der Waals surface area contributed by atoms with Crippen LogP contribution in [0.1, 0.15) is 17.8 Å². The molecule has 0 atom stereocenters. The van der Waals surface area contributed by atoms with Gasteiger partial charge in [-0.25, -0.2) is 9.78 Å². The molecule has 0 aliphatic rings. The van der Waals surface area contributed by atoms with Gasteiger partial charge in [-0.05, 0) is 49.2 Å². The van der Waals surface area contributed by atoms with Gasteiger partial charge in [0, 0.05) is 19.2 Å². The van der Waals surface area contributed by atoms with E-state index in [-0.39, 0.29) is 12.5 Å². The maximum Gasteiger partial charge on any atom is 0.341 e. The van der Waals surface area contributed by atoms with Gasteiger partial charge >= 0.3 is 5.97 Å². The summed E-state index contributed by atoms with van der Waals surface area (Å²) in [6, 6.07) is 14.8. The number of aliphatic carboxylic acids is 1. The molecule has 140 valence electrons. The van der Waals surface area contributed by atoms with E-state index in [1.165, 1.54) is 4.70 Å². The second-order valence-electron chi connectivity index (χ2n) is 6.06. The molecule has 0 aliphatic carbocycles. The number of aryl methyl sites for hydroxylation is 1. The van der Waals surface area contributed by atoms with E-state index in [1.807, 2.05) is 18.2 Å². The largest absolute Gasteiger partial charge is 0.482 e. The first-order valence-electron chi connectivity index (χ1n) is 8.58. The van der Waals surface area contributed by atoms with E-state index in [0.29, 0.717) is 12.2 Å². The smallest absolute Gasteiger partial charge is 0.341 e. The second-order valence-corrected chi connectivity index (χ2v) is 7.17. The fourth-order valence-corrected chi connectivity index (χ4v) is 3.65. The molecule has 0 radical (unpaired) electrons. The topological polar surface area (TPSA) is 79.7 Å². The third kappa shape index (κ3) is 5.04. The number of carboxylic acids is 1. The first-order chi connectivity index (χ1) is 13.0. The van der Waals surface area contributed by atoms with Crippen LogP contribution in [0.3, 0.4) is 0 Å². The van der Waals surface area contributed by atoms with Gasteiger partial charge in [-0.3, -0.25) is 4.79 Å². The third-order valence-corrected chi connectivity index (χ3v) is 5.18. The fraction of sp³-hybridized carbons (Fsp3) is 0.250. The van der Waals surface area contributed by atoms with Crippen LogP contribution in [0.25, 0.3) is 10.2 Å². The van der Waals surface area contributed by atoms with Crippen LogP contribution >= 0.6 is 11.3 Å². The molecule has 1 aromatic heterocycles. The summed E-state index contributed by atoms with van der Waals surface area (Å²) >= 11 is 1.67. The molecule has 3 aromatic rings. The molecule has 0 saturated carbocycles. The molecule has 0 bridgehead atoms. The van der Waals surface area contributed by atoms with Gasteiger partial charge in [0.15, 0.2) is 6.61 Å². The van der Waals surface area contributed by atoms with Gasteiger partial charge in [-0.2, -0.15) is 0 Å². The van der Waals surface area contributed by atoms with Gasteiger partial charge in [-0.15, -0.1) is 11.3 Å². The molecular weight excluding hydrogens is 364 g/mol. The van der Waals surface area contributed by atoms with E-state index in [2.05, 4.69) is 11.1 Å². The van der Waals surface area contributed by atoms with Crippen LogP contribution < -0.4 is 9.64 Å². The first kappa shape index (κ1) is 18.8. The Morgan fingerprint density at radius 3 is 2.59 bits per heavy atom. The predicted octanol–water partition coefficient (Wildman–Crippen LogP) is 3.75. The molecule has 3 rings (SSSR count). The number of carboxylic acid groups (broad SMARTS) is 1. The van der Waals surface area contributed by atoms with Gasteiger partial charge < -0.3 is 14.7 Å². The number of carbonyl (C=O) groups is 2. The van der Waals surface area contributed by atoms with E-state index in [9.17, 15) is 9.59 Å². The number of hydrogen-bond acceptors (Lipinski definition) is 5. The zero-order valence-corrected chi connectivity index (χ0v) is 15.7. The lowest BCUT2D eigenvalue weighted by atomic mass is 10.2. The van der Waals surface area contributed by atoms with Crippen molar-refractivity contribution >= 4 is 39.1 Å². The molecular formula is C20H20N2O4S. The van der Waals surface area contributed by atoms with Crippen LogP contribution in [0.4, 0.5) is 5.69 Å². The number of amides is 1. The Bertz CT molecular complexity index is 904. The quantitative estimate of drug-likeness (QED) is 0.640. The number of nitrogens with zero attached hydrogens (tertiary/aromatic N) is 2. The summed E-state index contributed by atoms with van der Waals surface area (Å²) in [6.45, 7) is -0.389. The minimum atomic E-state index is -1.03. The summed E-state index contributed by atoms with van der Waals surface area (Å²) in [5.41, 5.74) is 1.74. The molecule has 7 heteroatoms. The Hall–Kier alpha value is -2.93. The van der Waals surface area contributed by atoms with Crippen molar-refractivity contribution in [3.05, 3.63) is 53.5 Å². The summed E-state index contributed by atoms with van der Waals surface area (Å²) in [4.78, 5) is 29.1. The number of anilines is 1. The summed E-state index contributed by atoms with van der Waals surface area (Å²) in [7, 11) is 1.73. The molecule has 0 unspecified atom stereocenters. The van der Waals surface area contributed by atoms with Crippen LogP contribution in [-0.2, 0) is 16.0 Å². The Kier molecular flexibility index (Phi) is 6.03. The van der Waals surface area contributed by atoms with Crippen molar-refractivity contribution in [3.63, 3.8) is 0 Å². The van der Waals surface area contributed by atoms with Crippen LogP contribution in [0, 0.1) is 0 Å². The Labute approximate surface area is 161 Å². The summed E-state index contributed by atoms with van der Waals surface area (Å²) in [5.74, 6) is -0.548. The maximum absolute atomic E-state index is 12.4. The van der Waals surface area contributed by atoms with E-state index in [1.54, 1.807) is 47.5 Å². The minimum absolute atomic E-state index is 0.0234. The first-order valence-corrected chi connectivity index (χ1v) is 9.40. The number of aromatic nitrogens is 1. The number of fused-ring (bicyclic) bond motifs is 1. The lowest BCUT2D eigenvalue weighted by Crippen LogP contribution is -2.25. The van der Waals surface area contributed by atoms with E-state index in [0.717, 1.165) is 29.1 Å². The molecule has 0 spiro atoms. The molecule has 27 heavy (non-hydrogen) atoms. The third-order valence-electron chi connectivity index (χ3n) is 4.08. The van der Waals surface area contributed by atoms with Crippen molar-refractivity contribution in [2.24, 2.45) is 0 Å². The molecule has 1 N–H and O–H groups in total. The monoisotopic (exact) mass is 384 g/mol. The Morgan fingerprint density at radius 2 is 1.89 bits per heavy atom. The number of para-hydroxylation sites is 1. The minimum Gasteiger partial charge on any atom is -0.482 e. The van der Waals surface area contributed by atoms with Crippen molar-refractivity contribution in [1.29, 1.82) is 0 Å². The van der Waals surface area contributed by atoms with Gasteiger partial charge in [0.2, 0.25) is 5.91 Å². The molecule has 2 aromatic carbocycles. The lowest BCUT2D eigenvalue weighted by Gasteiger charge is -2.17. The van der Waals surface area contributed by atoms with Gasteiger partial charge in [0.25, 0.3) is 0 Å². The van der Waals surface area contributed by atoms with Crippen LogP contribution in [0.5, 0.6) is 5.75 Å². The van der Waals surface area contributed by atoms with E-state index < -0.39 is 5.97 Å². The van der Waals surface area contributed by atoms with Crippen LogP contribution in [-0.4, -0.2) is 35.6 Å². The van der Waals surface area contributed by atoms with Crippen molar-refractivity contribution < 1.29 is 19.4 Å². The second kappa shape index (κ2) is 8.64. The zero-order chi connectivity index (χ0) is 19.2. The highest BCUT2D eigenvalue weighted by Crippen LogP contribution is 2.23. The number of hydrogen-bond donors (Lipinski definition) is 1. The molecule has 1 heterocycles. The van der Waals surface area contributed by atoms with E-state index in [4.69, 9.17) is 9.84 Å². The fourth-order valence-electron chi connectivity index (χ4n) is 2.64. The summed E-state index contributed by atoms with van der Waals surface area (Å²) in [5, 5.41) is 9.66. The zero-order valence-electron chi connectivity index (χ0n) is 14.9. The highest BCUT2D eigenvalue weighted by atomic mass is 32.1. The lowest BCUT2D eigenvalue weighted by molar-refractivity contribution is -0.139. The average molecular weight is 384 g/mol. The van der Waals surface area contributed by atoms with Crippen LogP contribution in [0.2, 0.25) is 0 Å². The number of benzene rings is 2. The number of ether oxygens (including phenoxy) is 1.